The predicted octanol–water partition coefficient (Wildman–Crippen LogP) is 3.26. The van der Waals surface area contributed by atoms with Crippen molar-refractivity contribution in [3.05, 3.63) is 47.0 Å². The van der Waals surface area contributed by atoms with E-state index in [1.807, 2.05) is 6.07 Å². The van der Waals surface area contributed by atoms with Crippen molar-refractivity contribution in [2.24, 2.45) is 0 Å². The number of pyridine rings is 1. The van der Waals surface area contributed by atoms with Crippen LogP contribution in [-0.4, -0.2) is 45.2 Å². The quantitative estimate of drug-likeness (QED) is 0.503. The van der Waals surface area contributed by atoms with Gasteiger partial charge in [0.15, 0.2) is 11.5 Å². The highest BCUT2D eigenvalue weighted by Gasteiger charge is 2.39. The molecule has 7 heteroatoms. The summed E-state index contributed by atoms with van der Waals surface area (Å²) in [5.41, 5.74) is 2.14. The third kappa shape index (κ3) is 2.26. The maximum Gasteiger partial charge on any atom is 0.339 e. The Morgan fingerprint density at radius 2 is 1.64 bits per heavy atom. The summed E-state index contributed by atoms with van der Waals surface area (Å²) in [5.74, 6) is -0.0440. The Bertz CT molecular complexity index is 1150. The summed E-state index contributed by atoms with van der Waals surface area (Å²) >= 11 is 0. The van der Waals surface area contributed by atoms with Crippen molar-refractivity contribution in [1.29, 1.82) is 0 Å². The normalized spacial score (nSPS) is 11.8. The zero-order valence-corrected chi connectivity index (χ0v) is 15.8. The van der Waals surface area contributed by atoms with E-state index in [1.165, 1.54) is 28.4 Å². The summed E-state index contributed by atoms with van der Waals surface area (Å²) in [7, 11) is 5.68. The molecular formula is C21H17NO6. The third-order valence-corrected chi connectivity index (χ3v) is 4.82. The number of methoxy groups -OCH3 is 4. The van der Waals surface area contributed by atoms with Gasteiger partial charge in [0.2, 0.25) is 11.5 Å². The Morgan fingerprint density at radius 3 is 2.29 bits per heavy atom. The molecule has 0 saturated heterocycles. The zero-order chi connectivity index (χ0) is 20.0. The predicted molar refractivity (Wildman–Crippen MR) is 102 cm³/mol. The van der Waals surface area contributed by atoms with E-state index >= 15 is 0 Å². The monoisotopic (exact) mass is 379 g/mol. The zero-order valence-electron chi connectivity index (χ0n) is 15.8. The molecule has 0 amide bonds. The van der Waals surface area contributed by atoms with Crippen molar-refractivity contribution in [2.45, 2.75) is 0 Å². The summed E-state index contributed by atoms with van der Waals surface area (Å²) in [6.45, 7) is 0. The first-order chi connectivity index (χ1) is 13.6. The van der Waals surface area contributed by atoms with E-state index in [-0.39, 0.29) is 28.2 Å². The Kier molecular flexibility index (Phi) is 4.15. The molecule has 1 aliphatic carbocycles. The van der Waals surface area contributed by atoms with Crippen LogP contribution in [0.3, 0.4) is 0 Å². The Hall–Kier alpha value is -3.61. The van der Waals surface area contributed by atoms with Gasteiger partial charge in [-0.2, -0.15) is 0 Å². The minimum absolute atomic E-state index is 0.185. The van der Waals surface area contributed by atoms with Gasteiger partial charge in [0, 0.05) is 10.9 Å². The molecule has 0 N–H and O–H groups in total. The van der Waals surface area contributed by atoms with E-state index in [1.54, 1.807) is 24.3 Å². The summed E-state index contributed by atoms with van der Waals surface area (Å²) in [4.78, 5) is 30.6. The van der Waals surface area contributed by atoms with Crippen molar-refractivity contribution in [1.82, 2.24) is 4.98 Å². The summed E-state index contributed by atoms with van der Waals surface area (Å²) in [6, 6.07) is 8.78. The van der Waals surface area contributed by atoms with Gasteiger partial charge in [-0.15, -0.1) is 0 Å². The van der Waals surface area contributed by atoms with Crippen LogP contribution >= 0.6 is 0 Å². The molecule has 0 atom stereocenters. The smallest absolute Gasteiger partial charge is 0.339 e. The largest absolute Gasteiger partial charge is 0.493 e. The first kappa shape index (κ1) is 17.8. The average molecular weight is 379 g/mol. The number of para-hydroxylation sites is 1. The standard InChI is InChI=1S/C21H17NO6/c1-25-13-9-11-15(20(27-3)19(13)26-2)18(23)16-14(21(24)28-4)10-7-5-6-8-12(10)22-17(11)16/h5-9H,1-4H3. The lowest BCUT2D eigenvalue weighted by molar-refractivity contribution is 0.0600. The average Bonchev–Trinajstić information content (AvgIpc) is 3.01. The van der Waals surface area contributed by atoms with Crippen LogP contribution in [0.4, 0.5) is 0 Å². The van der Waals surface area contributed by atoms with Gasteiger partial charge in [-0.05, 0) is 12.1 Å². The SMILES string of the molecule is COC(=O)c1c2c(nc3ccccc13)-c1cc(OC)c(OC)c(OC)c1C2=O. The van der Waals surface area contributed by atoms with Gasteiger partial charge in [0.05, 0.1) is 56.3 Å². The maximum atomic E-state index is 13.4. The van der Waals surface area contributed by atoms with E-state index in [2.05, 4.69) is 4.98 Å². The fraction of sp³-hybridized carbons (Fsp3) is 0.190. The lowest BCUT2D eigenvalue weighted by Gasteiger charge is -2.15. The molecule has 0 bridgehead atoms. The van der Waals surface area contributed by atoms with Crippen LogP contribution in [0.25, 0.3) is 22.2 Å². The first-order valence-corrected chi connectivity index (χ1v) is 8.46. The van der Waals surface area contributed by atoms with Crippen LogP contribution in [0.1, 0.15) is 26.3 Å². The van der Waals surface area contributed by atoms with Crippen molar-refractivity contribution in [3.63, 3.8) is 0 Å². The number of rotatable bonds is 4. The molecule has 1 aromatic heterocycles. The molecule has 7 nitrogen and oxygen atoms in total. The fourth-order valence-corrected chi connectivity index (χ4v) is 3.64. The molecular weight excluding hydrogens is 362 g/mol. The highest BCUT2D eigenvalue weighted by atomic mass is 16.5. The summed E-state index contributed by atoms with van der Waals surface area (Å²) in [6.07, 6.45) is 0. The number of nitrogens with zero attached hydrogens (tertiary/aromatic N) is 1. The maximum absolute atomic E-state index is 13.4. The lowest BCUT2D eigenvalue weighted by atomic mass is 9.99. The van der Waals surface area contributed by atoms with E-state index in [4.69, 9.17) is 18.9 Å². The molecule has 2 aromatic carbocycles. The molecule has 28 heavy (non-hydrogen) atoms. The molecule has 142 valence electrons. The topological polar surface area (TPSA) is 84.0 Å². The minimum atomic E-state index is -0.603. The molecule has 0 radical (unpaired) electrons. The molecule has 0 spiro atoms. The molecule has 1 heterocycles. The molecule has 3 aromatic rings. The van der Waals surface area contributed by atoms with Crippen LogP contribution in [0.2, 0.25) is 0 Å². The highest BCUT2D eigenvalue weighted by Crippen LogP contribution is 2.50. The molecule has 0 aliphatic heterocycles. The number of hydrogen-bond donors (Lipinski definition) is 0. The van der Waals surface area contributed by atoms with Crippen molar-refractivity contribution >= 4 is 22.7 Å². The molecule has 4 rings (SSSR count). The van der Waals surface area contributed by atoms with Gasteiger partial charge in [0.25, 0.3) is 0 Å². The van der Waals surface area contributed by atoms with Crippen molar-refractivity contribution in [3.8, 4) is 28.5 Å². The number of aromatic nitrogens is 1. The van der Waals surface area contributed by atoms with E-state index < -0.39 is 5.97 Å². The van der Waals surface area contributed by atoms with E-state index in [0.29, 0.717) is 33.7 Å². The fourth-order valence-electron chi connectivity index (χ4n) is 3.64. The number of ketones is 1. The van der Waals surface area contributed by atoms with Crippen molar-refractivity contribution in [2.75, 3.05) is 28.4 Å². The van der Waals surface area contributed by atoms with Crippen LogP contribution < -0.4 is 14.2 Å². The number of fused-ring (bicyclic) bond motifs is 4. The Labute approximate surface area is 160 Å². The van der Waals surface area contributed by atoms with Gasteiger partial charge in [-0.3, -0.25) is 4.79 Å². The van der Waals surface area contributed by atoms with E-state index in [9.17, 15) is 9.59 Å². The Morgan fingerprint density at radius 1 is 0.929 bits per heavy atom. The van der Waals surface area contributed by atoms with E-state index in [0.717, 1.165) is 0 Å². The van der Waals surface area contributed by atoms with Gasteiger partial charge < -0.3 is 18.9 Å². The van der Waals surface area contributed by atoms with Crippen LogP contribution in [0.5, 0.6) is 17.2 Å². The van der Waals surface area contributed by atoms with Gasteiger partial charge in [0.1, 0.15) is 0 Å². The minimum Gasteiger partial charge on any atom is -0.493 e. The third-order valence-electron chi connectivity index (χ3n) is 4.82. The van der Waals surface area contributed by atoms with Crippen LogP contribution in [0, 0.1) is 0 Å². The van der Waals surface area contributed by atoms with Gasteiger partial charge in [-0.1, -0.05) is 18.2 Å². The molecule has 0 unspecified atom stereocenters. The second-order valence-electron chi connectivity index (χ2n) is 6.12. The molecule has 0 saturated carbocycles. The number of hydrogen-bond acceptors (Lipinski definition) is 7. The first-order valence-electron chi connectivity index (χ1n) is 8.46. The molecule has 0 fully saturated rings. The number of carbonyl (C=O) groups is 2. The number of ether oxygens (including phenoxy) is 4. The Balaban J connectivity index is 2.16. The second kappa shape index (κ2) is 6.53. The van der Waals surface area contributed by atoms with Crippen LogP contribution in [0.15, 0.2) is 30.3 Å². The van der Waals surface area contributed by atoms with Crippen LogP contribution in [-0.2, 0) is 4.74 Å². The highest BCUT2D eigenvalue weighted by molar-refractivity contribution is 6.29. The summed E-state index contributed by atoms with van der Waals surface area (Å²) < 4.78 is 21.2. The van der Waals surface area contributed by atoms with Crippen molar-refractivity contribution < 1.29 is 28.5 Å². The lowest BCUT2D eigenvalue weighted by Crippen LogP contribution is -2.11. The van der Waals surface area contributed by atoms with Gasteiger partial charge in [-0.25, -0.2) is 9.78 Å². The number of carbonyl (C=O) groups excluding carboxylic acids is 2. The summed E-state index contributed by atoms with van der Waals surface area (Å²) in [5, 5.41) is 0.548. The number of esters is 1. The number of benzene rings is 2. The van der Waals surface area contributed by atoms with Gasteiger partial charge >= 0.3 is 5.97 Å². The molecule has 1 aliphatic rings. The second-order valence-corrected chi connectivity index (χ2v) is 6.12.